The van der Waals surface area contributed by atoms with Gasteiger partial charge in [-0.3, -0.25) is 9.59 Å². The van der Waals surface area contributed by atoms with Crippen LogP contribution in [0.3, 0.4) is 0 Å². The van der Waals surface area contributed by atoms with Crippen molar-refractivity contribution in [1.29, 1.82) is 0 Å². The summed E-state index contributed by atoms with van der Waals surface area (Å²) in [5.41, 5.74) is 0. The highest BCUT2D eigenvalue weighted by Crippen LogP contribution is 2.33. The van der Waals surface area contributed by atoms with Crippen molar-refractivity contribution in [2.45, 2.75) is 30.6 Å². The van der Waals surface area contributed by atoms with Gasteiger partial charge in [-0.05, 0) is 24.6 Å². The van der Waals surface area contributed by atoms with Gasteiger partial charge in [-0.1, -0.05) is 0 Å². The van der Waals surface area contributed by atoms with E-state index in [1.165, 1.54) is 0 Å². The maximum atomic E-state index is 11.6. The predicted molar refractivity (Wildman–Crippen MR) is 87.3 cm³/mol. The molecule has 0 saturated heterocycles. The molecule has 1 aromatic rings. The standard InChI is InChI=1S/C16H21NO5S/c18-15(17-7-1-3-16(19)20)6-10-23-12-4-5-13-14(11-12)22-9-2-8-21-13/h4-5,11H,1-3,6-10H2,(H,17,18)(H,19,20). The van der Waals surface area contributed by atoms with Gasteiger partial charge in [0.15, 0.2) is 11.5 Å². The first kappa shape index (κ1) is 17.5. The first-order valence-electron chi connectivity index (χ1n) is 7.66. The molecule has 0 spiro atoms. The normalized spacial score (nSPS) is 13.2. The van der Waals surface area contributed by atoms with Crippen LogP contribution in [0, 0.1) is 0 Å². The number of ether oxygens (including phenoxy) is 2. The Labute approximate surface area is 139 Å². The average molecular weight is 339 g/mol. The Bertz CT molecular complexity index is 549. The molecule has 0 unspecified atom stereocenters. The molecule has 1 aliphatic rings. The summed E-state index contributed by atoms with van der Waals surface area (Å²) >= 11 is 1.58. The zero-order valence-corrected chi connectivity index (χ0v) is 13.7. The highest BCUT2D eigenvalue weighted by molar-refractivity contribution is 7.99. The Morgan fingerprint density at radius 3 is 2.74 bits per heavy atom. The number of rotatable bonds is 8. The molecule has 0 saturated carbocycles. The molecule has 1 heterocycles. The summed E-state index contributed by atoms with van der Waals surface area (Å²) in [5, 5.41) is 11.2. The Hall–Kier alpha value is -1.89. The van der Waals surface area contributed by atoms with E-state index in [0.717, 1.165) is 22.8 Å². The van der Waals surface area contributed by atoms with Crippen LogP contribution in [-0.4, -0.2) is 42.5 Å². The van der Waals surface area contributed by atoms with Crippen LogP contribution in [0.25, 0.3) is 0 Å². The second-order valence-electron chi connectivity index (χ2n) is 5.10. The van der Waals surface area contributed by atoms with Crippen molar-refractivity contribution in [2.24, 2.45) is 0 Å². The van der Waals surface area contributed by atoms with E-state index in [1.54, 1.807) is 11.8 Å². The van der Waals surface area contributed by atoms with Crippen LogP contribution in [0.5, 0.6) is 11.5 Å². The molecule has 2 rings (SSSR count). The van der Waals surface area contributed by atoms with Gasteiger partial charge in [0.2, 0.25) is 5.91 Å². The van der Waals surface area contributed by atoms with Crippen molar-refractivity contribution in [3.05, 3.63) is 18.2 Å². The third-order valence-electron chi connectivity index (χ3n) is 3.21. The number of amides is 1. The summed E-state index contributed by atoms with van der Waals surface area (Å²) in [6.07, 6.45) is 1.80. The van der Waals surface area contributed by atoms with Gasteiger partial charge in [0.25, 0.3) is 0 Å². The number of fused-ring (bicyclic) bond motifs is 1. The Morgan fingerprint density at radius 2 is 1.96 bits per heavy atom. The monoisotopic (exact) mass is 339 g/mol. The van der Waals surface area contributed by atoms with Crippen LogP contribution >= 0.6 is 11.8 Å². The van der Waals surface area contributed by atoms with E-state index >= 15 is 0 Å². The number of hydrogen-bond acceptors (Lipinski definition) is 5. The van der Waals surface area contributed by atoms with Crippen molar-refractivity contribution in [1.82, 2.24) is 5.32 Å². The van der Waals surface area contributed by atoms with Gasteiger partial charge >= 0.3 is 5.97 Å². The lowest BCUT2D eigenvalue weighted by atomic mass is 10.3. The molecule has 1 aliphatic heterocycles. The van der Waals surface area contributed by atoms with Crippen molar-refractivity contribution in [3.8, 4) is 11.5 Å². The quantitative estimate of drug-likeness (QED) is 0.558. The molecule has 1 amide bonds. The molecule has 23 heavy (non-hydrogen) atoms. The van der Waals surface area contributed by atoms with E-state index in [4.69, 9.17) is 14.6 Å². The van der Waals surface area contributed by atoms with Gasteiger partial charge in [0.05, 0.1) is 13.2 Å². The third kappa shape index (κ3) is 6.40. The molecule has 0 radical (unpaired) electrons. The topological polar surface area (TPSA) is 84.9 Å². The summed E-state index contributed by atoms with van der Waals surface area (Å²) in [5.74, 6) is 1.28. The number of carbonyl (C=O) groups is 2. The second-order valence-corrected chi connectivity index (χ2v) is 6.27. The Balaban J connectivity index is 1.68. The van der Waals surface area contributed by atoms with Crippen LogP contribution in [0.15, 0.2) is 23.1 Å². The first-order chi connectivity index (χ1) is 11.1. The van der Waals surface area contributed by atoms with E-state index in [9.17, 15) is 9.59 Å². The lowest BCUT2D eigenvalue weighted by Gasteiger charge is -2.09. The maximum absolute atomic E-state index is 11.6. The zero-order chi connectivity index (χ0) is 16.5. The summed E-state index contributed by atoms with van der Waals surface area (Å²) in [4.78, 5) is 23.0. The molecule has 0 aliphatic carbocycles. The summed E-state index contributed by atoms with van der Waals surface area (Å²) in [6, 6.07) is 5.80. The molecule has 2 N–H and O–H groups in total. The lowest BCUT2D eigenvalue weighted by molar-refractivity contribution is -0.137. The van der Waals surface area contributed by atoms with Crippen LogP contribution in [0.2, 0.25) is 0 Å². The van der Waals surface area contributed by atoms with E-state index in [2.05, 4.69) is 5.32 Å². The molecule has 0 fully saturated rings. The number of thioether (sulfide) groups is 1. The van der Waals surface area contributed by atoms with Crippen molar-refractivity contribution in [2.75, 3.05) is 25.5 Å². The fourth-order valence-corrected chi connectivity index (χ4v) is 2.93. The molecule has 0 bridgehead atoms. The predicted octanol–water partition coefficient (Wildman–Crippen LogP) is 2.31. The largest absolute Gasteiger partial charge is 0.490 e. The summed E-state index contributed by atoms with van der Waals surface area (Å²) in [6.45, 7) is 1.72. The Kier molecular flexibility index (Phi) is 7.06. The first-order valence-corrected chi connectivity index (χ1v) is 8.64. The molecular formula is C16H21NO5S. The smallest absolute Gasteiger partial charge is 0.303 e. The van der Waals surface area contributed by atoms with Crippen LogP contribution in [-0.2, 0) is 9.59 Å². The summed E-state index contributed by atoms with van der Waals surface area (Å²) < 4.78 is 11.2. The maximum Gasteiger partial charge on any atom is 0.303 e. The molecule has 0 aromatic heterocycles. The zero-order valence-electron chi connectivity index (χ0n) is 12.9. The number of carboxylic acids is 1. The molecular weight excluding hydrogens is 318 g/mol. The SMILES string of the molecule is O=C(O)CCCNC(=O)CCSc1ccc2c(c1)OCCCO2. The number of benzene rings is 1. The summed E-state index contributed by atoms with van der Waals surface area (Å²) in [7, 11) is 0. The minimum absolute atomic E-state index is 0.0581. The fourth-order valence-electron chi connectivity index (χ4n) is 2.05. The minimum Gasteiger partial charge on any atom is -0.490 e. The number of carboxylic acid groups (broad SMARTS) is 1. The molecule has 0 atom stereocenters. The minimum atomic E-state index is -0.843. The second kappa shape index (κ2) is 9.29. The highest BCUT2D eigenvalue weighted by Gasteiger charge is 2.11. The van der Waals surface area contributed by atoms with E-state index in [1.807, 2.05) is 18.2 Å². The van der Waals surface area contributed by atoms with Crippen LogP contribution < -0.4 is 14.8 Å². The van der Waals surface area contributed by atoms with E-state index in [-0.39, 0.29) is 12.3 Å². The fraction of sp³-hybridized carbons (Fsp3) is 0.500. The van der Waals surface area contributed by atoms with E-state index < -0.39 is 5.97 Å². The van der Waals surface area contributed by atoms with Gasteiger partial charge in [0.1, 0.15) is 0 Å². The number of hydrogen-bond donors (Lipinski definition) is 2. The molecule has 1 aromatic carbocycles. The number of carbonyl (C=O) groups excluding carboxylic acids is 1. The van der Waals surface area contributed by atoms with Gasteiger partial charge in [-0.15, -0.1) is 11.8 Å². The molecule has 6 nitrogen and oxygen atoms in total. The van der Waals surface area contributed by atoms with Gasteiger partial charge < -0.3 is 19.9 Å². The van der Waals surface area contributed by atoms with Gasteiger partial charge in [0, 0.05) is 36.5 Å². The lowest BCUT2D eigenvalue weighted by Crippen LogP contribution is -2.25. The van der Waals surface area contributed by atoms with Crippen molar-refractivity contribution >= 4 is 23.6 Å². The number of nitrogens with one attached hydrogen (secondary N) is 1. The van der Waals surface area contributed by atoms with Crippen molar-refractivity contribution < 1.29 is 24.2 Å². The molecule has 7 heteroatoms. The molecule has 126 valence electrons. The third-order valence-corrected chi connectivity index (χ3v) is 4.20. The number of aliphatic carboxylic acids is 1. The van der Waals surface area contributed by atoms with Gasteiger partial charge in [-0.25, -0.2) is 0 Å². The van der Waals surface area contributed by atoms with Crippen molar-refractivity contribution in [3.63, 3.8) is 0 Å². The Morgan fingerprint density at radius 1 is 1.17 bits per heavy atom. The average Bonchev–Trinajstić information content (AvgIpc) is 2.76. The van der Waals surface area contributed by atoms with Crippen LogP contribution in [0.4, 0.5) is 0 Å². The highest BCUT2D eigenvalue weighted by atomic mass is 32.2. The van der Waals surface area contributed by atoms with E-state index in [0.29, 0.717) is 38.4 Å². The van der Waals surface area contributed by atoms with Crippen LogP contribution in [0.1, 0.15) is 25.7 Å². The van der Waals surface area contributed by atoms with Gasteiger partial charge in [-0.2, -0.15) is 0 Å².